The molecule has 5 rings (SSSR count). The molecule has 0 aliphatic heterocycles. The van der Waals surface area contributed by atoms with Crippen molar-refractivity contribution in [2.45, 2.75) is 30.9 Å². The molecule has 0 spiro atoms. The van der Waals surface area contributed by atoms with Crippen molar-refractivity contribution in [3.05, 3.63) is 90.0 Å². The molecular weight excluding hydrogens is 471 g/mol. The number of benzene rings is 4. The second-order valence-corrected chi connectivity index (χ2v) is 23.2. The van der Waals surface area contributed by atoms with Crippen LogP contribution in [-0.4, -0.2) is 7.11 Å². The van der Waals surface area contributed by atoms with E-state index in [0.717, 1.165) is 26.6 Å². The van der Waals surface area contributed by atoms with E-state index in [4.69, 9.17) is 21.9 Å². The molecular formula is C28H27Cl2OTi. The molecule has 1 aliphatic rings. The van der Waals surface area contributed by atoms with Gasteiger partial charge in [0.15, 0.2) is 0 Å². The minimum absolute atomic E-state index is 0.422. The Balaban J connectivity index is 1.89. The van der Waals surface area contributed by atoms with E-state index in [1.54, 1.807) is 7.11 Å². The van der Waals surface area contributed by atoms with Crippen molar-refractivity contribution in [3.63, 3.8) is 0 Å². The molecule has 0 heterocycles. The fourth-order valence-electron chi connectivity index (χ4n) is 5.14. The Morgan fingerprint density at radius 1 is 0.719 bits per heavy atom. The molecule has 1 nitrogen and oxygen atoms in total. The van der Waals surface area contributed by atoms with Crippen molar-refractivity contribution in [3.8, 4) is 22.3 Å². The standard InChI is InChI=1S/C23H15.C4H9.CH3O.2ClH.Ti/c1-2-7-17-14-19(13-12-16(17)6-1)21-10-5-11-22-20-9-4-3-8-18(20)15-23(21)22;1-4(2)3;1-2;;;/h1-13H,15H2;1-3H3;1H3;2*1H;/q;;-1;;;+3/p-2. The average molecular weight is 498 g/mol. The average Bonchev–Trinajstić information content (AvgIpc) is 3.16. The van der Waals surface area contributed by atoms with Gasteiger partial charge >= 0.3 is 200 Å². The quantitative estimate of drug-likeness (QED) is 0.227. The third-order valence-electron chi connectivity index (χ3n) is 7.09. The van der Waals surface area contributed by atoms with E-state index in [9.17, 15) is 0 Å². The third kappa shape index (κ3) is 3.06. The fraction of sp³-hybridized carbons (Fsp3) is 0.214. The van der Waals surface area contributed by atoms with Crippen LogP contribution in [0.3, 0.4) is 0 Å². The molecule has 0 aromatic heterocycles. The summed E-state index contributed by atoms with van der Waals surface area (Å²) in [6, 6.07) is 27.9. The van der Waals surface area contributed by atoms with Gasteiger partial charge in [0.1, 0.15) is 0 Å². The molecule has 0 N–H and O–H groups in total. The molecule has 0 bridgehead atoms. The van der Waals surface area contributed by atoms with Crippen LogP contribution in [0.4, 0.5) is 0 Å². The first kappa shape index (κ1) is 22.2. The van der Waals surface area contributed by atoms with Crippen molar-refractivity contribution < 1.29 is 16.9 Å². The molecule has 0 saturated heterocycles. The molecule has 32 heavy (non-hydrogen) atoms. The van der Waals surface area contributed by atoms with Gasteiger partial charge < -0.3 is 0 Å². The zero-order valence-electron chi connectivity index (χ0n) is 18.9. The van der Waals surface area contributed by atoms with Crippen LogP contribution in [0.5, 0.6) is 0 Å². The zero-order valence-corrected chi connectivity index (χ0v) is 22.0. The topological polar surface area (TPSA) is 9.23 Å². The predicted octanol–water partition coefficient (Wildman–Crippen LogP) is 8.48. The van der Waals surface area contributed by atoms with Crippen LogP contribution in [0.15, 0.2) is 78.9 Å². The van der Waals surface area contributed by atoms with E-state index in [0.29, 0.717) is 0 Å². The Hall–Kier alpha value is -1.61. The number of halogens is 2. The summed E-state index contributed by atoms with van der Waals surface area (Å²) in [5.41, 5.74) is 7.58. The molecule has 4 heteroatoms. The summed E-state index contributed by atoms with van der Waals surface area (Å²) < 4.78 is 6.82. The summed E-state index contributed by atoms with van der Waals surface area (Å²) in [7, 11) is 16.9. The van der Waals surface area contributed by atoms with Crippen LogP contribution in [-0.2, 0) is 23.3 Å². The normalized spacial score (nSPS) is 14.6. The third-order valence-corrected chi connectivity index (χ3v) is 21.8. The van der Waals surface area contributed by atoms with Gasteiger partial charge in [0.25, 0.3) is 0 Å². The van der Waals surface area contributed by atoms with Crippen LogP contribution < -0.4 is 3.87 Å². The van der Waals surface area contributed by atoms with Crippen LogP contribution in [0, 0.1) is 0 Å². The Labute approximate surface area is 199 Å². The van der Waals surface area contributed by atoms with Crippen molar-refractivity contribution >= 4 is 33.3 Å². The number of hydrogen-bond acceptors (Lipinski definition) is 1. The van der Waals surface area contributed by atoms with Crippen molar-refractivity contribution in [2.75, 3.05) is 7.11 Å². The van der Waals surface area contributed by atoms with Crippen LogP contribution in [0.1, 0.15) is 31.9 Å². The number of fused-ring (bicyclic) bond motifs is 4. The van der Waals surface area contributed by atoms with Gasteiger partial charge in [-0.15, -0.1) is 0 Å². The molecule has 4 aromatic carbocycles. The van der Waals surface area contributed by atoms with Gasteiger partial charge in [-0.1, -0.05) is 0 Å². The second-order valence-electron chi connectivity index (χ2n) is 9.76. The molecule has 0 radical (unpaired) electrons. The van der Waals surface area contributed by atoms with Gasteiger partial charge in [0, 0.05) is 0 Å². The summed E-state index contributed by atoms with van der Waals surface area (Å²) in [4.78, 5) is 0. The molecule has 4 aromatic rings. The van der Waals surface area contributed by atoms with Gasteiger partial charge in [-0.2, -0.15) is 0 Å². The van der Waals surface area contributed by atoms with E-state index in [1.165, 1.54) is 27.8 Å². The zero-order chi connectivity index (χ0) is 22.7. The Bertz CT molecular complexity index is 1370. The molecule has 0 saturated carbocycles. The molecule has 163 valence electrons. The monoisotopic (exact) mass is 497 g/mol. The van der Waals surface area contributed by atoms with E-state index >= 15 is 0 Å². The Kier molecular flexibility index (Phi) is 5.17. The summed E-state index contributed by atoms with van der Waals surface area (Å²) in [5.74, 6) is 0. The van der Waals surface area contributed by atoms with Crippen LogP contribution in [0.2, 0.25) is 3.72 Å². The molecule has 0 fully saturated rings. The van der Waals surface area contributed by atoms with Gasteiger partial charge in [0.05, 0.1) is 0 Å². The van der Waals surface area contributed by atoms with Gasteiger partial charge in [-0.05, 0) is 0 Å². The molecule has 1 aliphatic carbocycles. The maximum absolute atomic E-state index is 7.59. The van der Waals surface area contributed by atoms with Gasteiger partial charge in [-0.25, -0.2) is 0 Å². The first-order valence-electron chi connectivity index (χ1n) is 11.0. The molecule has 0 atom stereocenters. The molecule has 0 unspecified atom stereocenters. The van der Waals surface area contributed by atoms with Gasteiger partial charge in [-0.3, -0.25) is 0 Å². The molecule has 0 amide bonds. The van der Waals surface area contributed by atoms with Crippen molar-refractivity contribution in [1.82, 2.24) is 0 Å². The number of hydrogen-bond donors (Lipinski definition) is 0. The van der Waals surface area contributed by atoms with Gasteiger partial charge in [0.2, 0.25) is 0 Å². The van der Waals surface area contributed by atoms with Crippen LogP contribution in [0.25, 0.3) is 33.0 Å². The summed E-state index contributed by atoms with van der Waals surface area (Å²) in [6.07, 6.45) is 0.907. The summed E-state index contributed by atoms with van der Waals surface area (Å²) in [5, 5.41) is 2.21. The van der Waals surface area contributed by atoms with E-state index in [-0.39, 0.29) is 0 Å². The summed E-state index contributed by atoms with van der Waals surface area (Å²) in [6.45, 7) is 6.31. The maximum atomic E-state index is 7.59. The number of rotatable bonds is 3. The first-order chi connectivity index (χ1) is 15.1. The van der Waals surface area contributed by atoms with Crippen LogP contribution >= 0.6 is 18.6 Å². The first-order valence-corrected chi connectivity index (χ1v) is 17.5. The second kappa shape index (κ2) is 7.45. The van der Waals surface area contributed by atoms with Crippen molar-refractivity contribution in [1.29, 1.82) is 0 Å². The van der Waals surface area contributed by atoms with E-state index in [1.807, 2.05) is 0 Å². The Morgan fingerprint density at radius 3 is 2.06 bits per heavy atom. The van der Waals surface area contributed by atoms with E-state index < -0.39 is 17.3 Å². The predicted molar refractivity (Wildman–Crippen MR) is 136 cm³/mol. The SMILES string of the molecule is C[O][Ti]([Cl])([Cl])([c]1c(-c2cccc3c2Cc2ccccc2-3)ccc2ccccc12)[C](C)(C)C. The minimum atomic E-state index is -4.75. The Morgan fingerprint density at radius 2 is 1.34 bits per heavy atom. The fourth-order valence-corrected chi connectivity index (χ4v) is 11.4. The summed E-state index contributed by atoms with van der Waals surface area (Å²) >= 11 is -4.75. The van der Waals surface area contributed by atoms with E-state index in [2.05, 4.69) is 99.6 Å². The van der Waals surface area contributed by atoms with Crippen molar-refractivity contribution in [2.24, 2.45) is 0 Å².